The first-order valence-electron chi connectivity index (χ1n) is 11.4. The lowest BCUT2D eigenvalue weighted by atomic mass is 9.95. The van der Waals surface area contributed by atoms with Crippen LogP contribution < -0.4 is 4.90 Å². The Morgan fingerprint density at radius 1 is 1.03 bits per heavy atom. The van der Waals surface area contributed by atoms with E-state index in [1.165, 1.54) is 6.07 Å². The summed E-state index contributed by atoms with van der Waals surface area (Å²) in [6.45, 7) is 6.40. The van der Waals surface area contributed by atoms with Gasteiger partial charge in [-0.25, -0.2) is 0 Å². The highest BCUT2D eigenvalue weighted by Crippen LogP contribution is 2.43. The summed E-state index contributed by atoms with van der Waals surface area (Å²) < 4.78 is 45.0. The summed E-state index contributed by atoms with van der Waals surface area (Å²) in [5, 5.41) is 9.06. The summed E-state index contributed by atoms with van der Waals surface area (Å²) in [5.74, 6) is 1.01. The smallest absolute Gasteiger partial charge is 0.338 e. The van der Waals surface area contributed by atoms with Crippen molar-refractivity contribution in [3.63, 3.8) is 0 Å². The first-order valence-corrected chi connectivity index (χ1v) is 12.6. The lowest BCUT2D eigenvalue weighted by Gasteiger charge is -2.35. The van der Waals surface area contributed by atoms with Crippen molar-refractivity contribution in [3.05, 3.63) is 68.4 Å². The van der Waals surface area contributed by atoms with Crippen molar-refractivity contribution >= 4 is 39.2 Å². The number of hydrogen-bond acceptors (Lipinski definition) is 5. The van der Waals surface area contributed by atoms with Crippen LogP contribution in [0.2, 0.25) is 5.02 Å². The van der Waals surface area contributed by atoms with Crippen LogP contribution in [0.5, 0.6) is 0 Å². The number of anilines is 1. The van der Waals surface area contributed by atoms with Gasteiger partial charge in [-0.1, -0.05) is 52.7 Å². The third-order valence-corrected chi connectivity index (χ3v) is 7.30. The highest BCUT2D eigenvalue weighted by molar-refractivity contribution is 9.10. The van der Waals surface area contributed by atoms with Crippen LogP contribution in [0.25, 0.3) is 5.69 Å². The Morgan fingerprint density at radius 3 is 2.46 bits per heavy atom. The van der Waals surface area contributed by atoms with E-state index < -0.39 is 11.7 Å². The molecule has 5 rings (SSSR count). The molecule has 0 amide bonds. The van der Waals surface area contributed by atoms with Gasteiger partial charge in [-0.2, -0.15) is 13.2 Å². The van der Waals surface area contributed by atoms with Crippen LogP contribution in [-0.2, 0) is 12.7 Å². The summed E-state index contributed by atoms with van der Waals surface area (Å²) >= 11 is 9.58. The van der Waals surface area contributed by atoms with Gasteiger partial charge in [-0.3, -0.25) is 14.5 Å². The molecule has 0 saturated carbocycles. The molecule has 0 N–H and O–H groups in total. The van der Waals surface area contributed by atoms with Gasteiger partial charge in [0.2, 0.25) is 5.95 Å². The molecule has 2 aliphatic rings. The summed E-state index contributed by atoms with van der Waals surface area (Å²) in [7, 11) is 0. The minimum Gasteiger partial charge on any atom is -0.338 e. The Labute approximate surface area is 214 Å². The highest BCUT2D eigenvalue weighted by Gasteiger charge is 2.40. The molecule has 3 aromatic rings. The van der Waals surface area contributed by atoms with Crippen molar-refractivity contribution in [1.29, 1.82) is 0 Å². The zero-order valence-electron chi connectivity index (χ0n) is 19.0. The number of rotatable bonds is 4. The Kier molecular flexibility index (Phi) is 6.63. The molecule has 0 radical (unpaired) electrons. The van der Waals surface area contributed by atoms with Gasteiger partial charge in [0.15, 0.2) is 5.82 Å². The maximum Gasteiger partial charge on any atom is 0.418 e. The summed E-state index contributed by atoms with van der Waals surface area (Å²) in [4.78, 5) is 9.07. The van der Waals surface area contributed by atoms with Gasteiger partial charge in [0.1, 0.15) is 6.54 Å². The molecule has 1 fully saturated rings. The van der Waals surface area contributed by atoms with Crippen LogP contribution in [-0.4, -0.2) is 58.1 Å². The molecular formula is C24H23BrClF3N6. The fourth-order valence-electron chi connectivity index (χ4n) is 4.72. The normalized spacial score (nSPS) is 16.5. The number of aromatic nitrogens is 3. The van der Waals surface area contributed by atoms with Crippen molar-refractivity contribution in [2.45, 2.75) is 26.1 Å². The molecule has 35 heavy (non-hydrogen) atoms. The van der Waals surface area contributed by atoms with Gasteiger partial charge in [0.25, 0.3) is 0 Å². The second kappa shape index (κ2) is 9.55. The van der Waals surface area contributed by atoms with Crippen LogP contribution >= 0.6 is 27.5 Å². The van der Waals surface area contributed by atoms with Gasteiger partial charge in [-0.05, 0) is 31.2 Å². The molecule has 0 spiro atoms. The first kappa shape index (κ1) is 24.3. The van der Waals surface area contributed by atoms with Crippen molar-refractivity contribution in [1.82, 2.24) is 19.7 Å². The van der Waals surface area contributed by atoms with E-state index in [4.69, 9.17) is 11.6 Å². The van der Waals surface area contributed by atoms with Crippen molar-refractivity contribution in [3.8, 4) is 5.69 Å². The maximum atomic E-state index is 14.5. The molecule has 0 bridgehead atoms. The Balaban J connectivity index is 1.70. The number of aliphatic imine (C=N–C) groups is 1. The highest BCUT2D eigenvalue weighted by atomic mass is 79.9. The quantitative estimate of drug-likeness (QED) is 0.413. The Hall–Kier alpha value is -2.43. The monoisotopic (exact) mass is 566 g/mol. The molecule has 0 unspecified atom stereocenters. The van der Waals surface area contributed by atoms with Crippen LogP contribution in [0.1, 0.15) is 35.9 Å². The largest absolute Gasteiger partial charge is 0.418 e. The van der Waals surface area contributed by atoms with Crippen LogP contribution in [0.15, 0.2) is 45.9 Å². The topological polar surface area (TPSA) is 49.6 Å². The summed E-state index contributed by atoms with van der Waals surface area (Å²) in [6.07, 6.45) is -3.55. The van der Waals surface area contributed by atoms with E-state index in [-0.39, 0.29) is 22.3 Å². The lowest BCUT2D eigenvalue weighted by molar-refractivity contribution is -0.138. The van der Waals surface area contributed by atoms with E-state index in [0.717, 1.165) is 26.1 Å². The van der Waals surface area contributed by atoms with E-state index in [0.29, 0.717) is 41.1 Å². The second-order valence-corrected chi connectivity index (χ2v) is 9.80. The fraction of sp³-hybridized carbons (Fsp3) is 0.375. The number of alkyl halides is 3. The van der Waals surface area contributed by atoms with Crippen molar-refractivity contribution in [2.75, 3.05) is 37.6 Å². The molecule has 1 saturated heterocycles. The van der Waals surface area contributed by atoms with E-state index in [9.17, 15) is 13.2 Å². The van der Waals surface area contributed by atoms with Gasteiger partial charge in [0, 0.05) is 46.8 Å². The minimum absolute atomic E-state index is 0.0376. The molecule has 11 heteroatoms. The molecule has 184 valence electrons. The van der Waals surface area contributed by atoms with Gasteiger partial charge >= 0.3 is 6.18 Å². The Morgan fingerprint density at radius 2 is 1.77 bits per heavy atom. The average Bonchev–Trinajstić information content (AvgIpc) is 3.17. The zero-order valence-corrected chi connectivity index (χ0v) is 21.3. The second-order valence-electron chi connectivity index (χ2n) is 8.54. The minimum atomic E-state index is -4.63. The lowest BCUT2D eigenvalue weighted by Crippen LogP contribution is -2.47. The number of halogens is 5. The van der Waals surface area contributed by atoms with Gasteiger partial charge < -0.3 is 4.90 Å². The molecule has 2 aliphatic heterocycles. The number of benzene rings is 2. The SMILES string of the molecule is CCCN1CCN(c2nnc3n2-c2ccc(Br)c(C(F)(F)F)c2C(c2ccccc2Cl)=NC3)CC1. The zero-order chi connectivity index (χ0) is 24.7. The van der Waals surface area contributed by atoms with Crippen LogP contribution in [0.4, 0.5) is 19.1 Å². The Bertz CT molecular complexity index is 1280. The van der Waals surface area contributed by atoms with E-state index in [1.54, 1.807) is 34.9 Å². The van der Waals surface area contributed by atoms with Crippen LogP contribution in [0, 0.1) is 0 Å². The number of fused-ring (bicyclic) bond motifs is 3. The maximum absolute atomic E-state index is 14.5. The van der Waals surface area contributed by atoms with Crippen LogP contribution in [0.3, 0.4) is 0 Å². The first-order chi connectivity index (χ1) is 16.8. The molecule has 2 aromatic carbocycles. The molecule has 6 nitrogen and oxygen atoms in total. The average molecular weight is 568 g/mol. The van der Waals surface area contributed by atoms with E-state index in [1.807, 2.05) is 0 Å². The third-order valence-electron chi connectivity index (χ3n) is 6.31. The summed E-state index contributed by atoms with van der Waals surface area (Å²) in [5.41, 5.74) is 0.122. The molecule has 0 aliphatic carbocycles. The summed E-state index contributed by atoms with van der Waals surface area (Å²) in [6, 6.07) is 9.89. The predicted molar refractivity (Wildman–Crippen MR) is 134 cm³/mol. The van der Waals surface area contributed by atoms with E-state index in [2.05, 4.69) is 47.8 Å². The number of nitrogens with zero attached hydrogens (tertiary/aromatic N) is 6. The standard InChI is InChI=1S/C24H23BrClF3N6/c1-2-9-33-10-12-34(13-11-33)23-32-31-19-14-30-22(15-5-3-4-6-17(15)26)20-18(35(19)23)8-7-16(25)21(20)24(27,28)29/h3-8H,2,9-14H2,1H3. The van der Waals surface area contributed by atoms with Gasteiger partial charge in [-0.15, -0.1) is 10.2 Å². The van der Waals surface area contributed by atoms with Crippen molar-refractivity contribution < 1.29 is 13.2 Å². The predicted octanol–water partition coefficient (Wildman–Crippen LogP) is 5.59. The van der Waals surface area contributed by atoms with Gasteiger partial charge in [0.05, 0.1) is 17.0 Å². The molecule has 1 aromatic heterocycles. The van der Waals surface area contributed by atoms with Crippen molar-refractivity contribution in [2.24, 2.45) is 4.99 Å². The number of hydrogen-bond donors (Lipinski definition) is 0. The fourth-order valence-corrected chi connectivity index (χ4v) is 5.50. The molecular weight excluding hydrogens is 545 g/mol. The third kappa shape index (κ3) is 4.47. The van der Waals surface area contributed by atoms with E-state index >= 15 is 0 Å². The molecule has 3 heterocycles. The number of piperazine rings is 1. The molecule has 0 atom stereocenters.